The van der Waals surface area contributed by atoms with E-state index in [-0.39, 0.29) is 22.0 Å². The van der Waals surface area contributed by atoms with Crippen LogP contribution in [0, 0.1) is 0 Å². The van der Waals surface area contributed by atoms with E-state index in [0.717, 1.165) is 12.8 Å². The Bertz CT molecular complexity index is 628. The molecule has 0 heterocycles. The molecule has 0 aromatic heterocycles. The molecule has 0 atom stereocenters. The van der Waals surface area contributed by atoms with Crippen molar-refractivity contribution in [3.8, 4) is 0 Å². The van der Waals surface area contributed by atoms with E-state index < -0.39 is 10.0 Å². The van der Waals surface area contributed by atoms with Crippen molar-refractivity contribution < 1.29 is 8.42 Å². The highest BCUT2D eigenvalue weighted by molar-refractivity contribution is 7.89. The van der Waals surface area contributed by atoms with Gasteiger partial charge in [0.2, 0.25) is 10.0 Å². The molecule has 0 spiro atoms. The first-order chi connectivity index (χ1) is 9.73. The van der Waals surface area contributed by atoms with Gasteiger partial charge in [0.25, 0.3) is 0 Å². The van der Waals surface area contributed by atoms with Gasteiger partial charge in [-0.25, -0.2) is 8.42 Å². The molecule has 1 aromatic rings. The van der Waals surface area contributed by atoms with Gasteiger partial charge in [-0.05, 0) is 30.5 Å². The second-order valence-corrected chi connectivity index (χ2v) is 8.45. The zero-order valence-electron chi connectivity index (χ0n) is 12.4. The van der Waals surface area contributed by atoms with Crippen LogP contribution in [0.15, 0.2) is 17.0 Å². The normalized spacial score (nSPS) is 16.0. The summed E-state index contributed by atoms with van der Waals surface area (Å²) < 4.78 is 26.7. The number of rotatable bonds is 6. The third-order valence-electron chi connectivity index (χ3n) is 3.50. The third kappa shape index (κ3) is 3.90. The summed E-state index contributed by atoms with van der Waals surface area (Å²) in [6.07, 6.45) is 1.80. The topological polar surface area (TPSA) is 49.4 Å². The number of nitrogens with zero attached hydrogens (tertiary/aromatic N) is 1. The van der Waals surface area contributed by atoms with Crippen molar-refractivity contribution in [3.05, 3.63) is 27.7 Å². The smallest absolute Gasteiger partial charge is 0.244 e. The average molecular weight is 351 g/mol. The van der Waals surface area contributed by atoms with Crippen LogP contribution in [0.25, 0.3) is 0 Å². The van der Waals surface area contributed by atoms with Gasteiger partial charge in [-0.15, -0.1) is 0 Å². The summed E-state index contributed by atoms with van der Waals surface area (Å²) in [5, 5.41) is 3.85. The van der Waals surface area contributed by atoms with Crippen molar-refractivity contribution in [2.75, 3.05) is 7.05 Å². The molecule has 1 N–H and O–H groups in total. The minimum absolute atomic E-state index is 0.0855. The highest BCUT2D eigenvalue weighted by atomic mass is 35.5. The van der Waals surface area contributed by atoms with Crippen LogP contribution in [0.2, 0.25) is 10.0 Å². The van der Waals surface area contributed by atoms with Gasteiger partial charge in [-0.2, -0.15) is 4.31 Å². The summed E-state index contributed by atoms with van der Waals surface area (Å²) >= 11 is 12.4. The molecule has 0 radical (unpaired) electrons. The Morgan fingerprint density at radius 3 is 2.48 bits per heavy atom. The van der Waals surface area contributed by atoms with E-state index in [0.29, 0.717) is 17.1 Å². The molecular formula is C14H20Cl2N2O2S. The average Bonchev–Trinajstić information content (AvgIpc) is 3.22. The minimum atomic E-state index is -3.60. The molecule has 0 bridgehead atoms. The fourth-order valence-corrected chi connectivity index (χ4v) is 4.36. The summed E-state index contributed by atoms with van der Waals surface area (Å²) in [6.45, 7) is 4.50. The molecule has 0 aliphatic heterocycles. The van der Waals surface area contributed by atoms with Crippen molar-refractivity contribution in [2.45, 2.75) is 50.2 Å². The molecule has 21 heavy (non-hydrogen) atoms. The van der Waals surface area contributed by atoms with E-state index in [9.17, 15) is 8.42 Å². The largest absolute Gasteiger partial charge is 0.310 e. The lowest BCUT2D eigenvalue weighted by Gasteiger charge is -2.19. The first kappa shape index (κ1) is 17.0. The second-order valence-electron chi connectivity index (χ2n) is 5.67. The summed E-state index contributed by atoms with van der Waals surface area (Å²) in [6, 6.07) is 3.49. The van der Waals surface area contributed by atoms with Crippen molar-refractivity contribution in [1.29, 1.82) is 0 Å². The van der Waals surface area contributed by atoms with E-state index >= 15 is 0 Å². The van der Waals surface area contributed by atoms with Crippen LogP contribution in [0.5, 0.6) is 0 Å². The third-order valence-corrected chi connectivity index (χ3v) is 6.21. The number of hydrogen-bond acceptors (Lipinski definition) is 3. The lowest BCUT2D eigenvalue weighted by atomic mass is 10.2. The molecule has 118 valence electrons. The quantitative estimate of drug-likeness (QED) is 0.856. The van der Waals surface area contributed by atoms with Crippen LogP contribution in [0.4, 0.5) is 0 Å². The molecule has 7 heteroatoms. The summed E-state index contributed by atoms with van der Waals surface area (Å²) in [7, 11) is -2.01. The monoisotopic (exact) mass is 350 g/mol. The SMILES string of the molecule is CC(C)NCc1cc(Cl)cc(S(=O)(=O)N(C)C2CC2)c1Cl. The van der Waals surface area contributed by atoms with Gasteiger partial charge in [-0.1, -0.05) is 37.0 Å². The van der Waals surface area contributed by atoms with Crippen molar-refractivity contribution in [3.63, 3.8) is 0 Å². The molecular weight excluding hydrogens is 331 g/mol. The van der Waals surface area contributed by atoms with Gasteiger partial charge < -0.3 is 5.32 Å². The maximum Gasteiger partial charge on any atom is 0.244 e. The molecule has 1 fully saturated rings. The van der Waals surface area contributed by atoms with Crippen LogP contribution in [-0.4, -0.2) is 31.9 Å². The van der Waals surface area contributed by atoms with Gasteiger partial charge in [-0.3, -0.25) is 0 Å². The van der Waals surface area contributed by atoms with E-state index in [1.165, 1.54) is 10.4 Å². The van der Waals surface area contributed by atoms with Crippen LogP contribution in [0.1, 0.15) is 32.3 Å². The van der Waals surface area contributed by atoms with Crippen LogP contribution in [-0.2, 0) is 16.6 Å². The summed E-state index contributed by atoms with van der Waals surface area (Å²) in [4.78, 5) is 0.0895. The van der Waals surface area contributed by atoms with Gasteiger partial charge in [0.1, 0.15) is 4.90 Å². The maximum atomic E-state index is 12.6. The predicted molar refractivity (Wildman–Crippen MR) is 86.4 cm³/mol. The molecule has 2 rings (SSSR count). The van der Waals surface area contributed by atoms with Crippen molar-refractivity contribution in [2.24, 2.45) is 0 Å². The molecule has 0 amide bonds. The Labute approximate surface area is 136 Å². The fraction of sp³-hybridized carbons (Fsp3) is 0.571. The number of nitrogens with one attached hydrogen (secondary N) is 1. The molecule has 0 unspecified atom stereocenters. The molecule has 1 saturated carbocycles. The zero-order valence-corrected chi connectivity index (χ0v) is 14.7. The highest BCUT2D eigenvalue weighted by Gasteiger charge is 2.36. The number of sulfonamides is 1. The van der Waals surface area contributed by atoms with Crippen molar-refractivity contribution in [1.82, 2.24) is 9.62 Å². The highest BCUT2D eigenvalue weighted by Crippen LogP contribution is 2.35. The van der Waals surface area contributed by atoms with E-state index in [1.807, 2.05) is 13.8 Å². The van der Waals surface area contributed by atoms with Crippen molar-refractivity contribution >= 4 is 33.2 Å². The predicted octanol–water partition coefficient (Wildman–Crippen LogP) is 3.27. The maximum absolute atomic E-state index is 12.6. The molecule has 0 saturated heterocycles. The van der Waals surface area contributed by atoms with Gasteiger partial charge >= 0.3 is 0 Å². The Morgan fingerprint density at radius 2 is 1.95 bits per heavy atom. The lowest BCUT2D eigenvalue weighted by Crippen LogP contribution is -2.29. The van der Waals surface area contributed by atoms with Gasteiger partial charge in [0.05, 0.1) is 5.02 Å². The summed E-state index contributed by atoms with van der Waals surface area (Å²) in [5.41, 5.74) is 0.695. The standard InChI is InChI=1S/C14H20Cl2N2O2S/c1-9(2)17-8-10-6-11(15)7-13(14(10)16)21(19,20)18(3)12-4-5-12/h6-7,9,12,17H,4-5,8H2,1-3H3. The minimum Gasteiger partial charge on any atom is -0.310 e. The Hall–Kier alpha value is -0.330. The number of hydrogen-bond donors (Lipinski definition) is 1. The van der Waals surface area contributed by atoms with Gasteiger partial charge in [0, 0.05) is 30.7 Å². The lowest BCUT2D eigenvalue weighted by molar-refractivity contribution is 0.464. The molecule has 1 aliphatic rings. The van der Waals surface area contributed by atoms with E-state index in [4.69, 9.17) is 23.2 Å². The van der Waals surface area contributed by atoms with Crippen LogP contribution >= 0.6 is 23.2 Å². The summed E-state index contributed by atoms with van der Waals surface area (Å²) in [5.74, 6) is 0. The molecule has 4 nitrogen and oxygen atoms in total. The Kier molecular flexibility index (Phi) is 5.21. The first-order valence-corrected chi connectivity index (χ1v) is 9.12. The first-order valence-electron chi connectivity index (χ1n) is 6.93. The number of benzene rings is 1. The van der Waals surface area contributed by atoms with Crippen LogP contribution < -0.4 is 5.32 Å². The van der Waals surface area contributed by atoms with Crippen LogP contribution in [0.3, 0.4) is 0 Å². The zero-order chi connectivity index (χ0) is 15.8. The molecule has 1 aliphatic carbocycles. The van der Waals surface area contributed by atoms with E-state index in [1.54, 1.807) is 13.1 Å². The molecule has 1 aromatic carbocycles. The Balaban J connectivity index is 2.39. The van der Waals surface area contributed by atoms with Gasteiger partial charge in [0.15, 0.2) is 0 Å². The Morgan fingerprint density at radius 1 is 1.33 bits per heavy atom. The fourth-order valence-electron chi connectivity index (χ4n) is 2.04. The van der Waals surface area contributed by atoms with E-state index in [2.05, 4.69) is 5.32 Å². The number of halogens is 2. The second kappa shape index (κ2) is 6.42.